The summed E-state index contributed by atoms with van der Waals surface area (Å²) in [6, 6.07) is 28.7. The van der Waals surface area contributed by atoms with Crippen LogP contribution in [-0.2, 0) is 19.7 Å². The van der Waals surface area contributed by atoms with Crippen LogP contribution in [-0.4, -0.2) is 27.9 Å². The lowest BCUT2D eigenvalue weighted by atomic mass is 10.2. The number of rotatable bonds is 9. The van der Waals surface area contributed by atoms with Crippen molar-refractivity contribution in [1.82, 2.24) is 0 Å². The number of benzene rings is 5. The average molecular weight is 615 g/mol. The van der Waals surface area contributed by atoms with Crippen LogP contribution in [0.15, 0.2) is 135 Å². The van der Waals surface area contributed by atoms with Gasteiger partial charge in [0.25, 0.3) is 0 Å². The minimum atomic E-state index is -3.73. The number of hydrogen-bond acceptors (Lipinski definition) is 7. The van der Waals surface area contributed by atoms with E-state index in [4.69, 9.17) is 9.47 Å². The number of hydrogen-bond donors (Lipinski definition) is 1. The molecule has 0 fully saturated rings. The van der Waals surface area contributed by atoms with E-state index in [2.05, 4.69) is 0 Å². The quantitative estimate of drug-likeness (QED) is 0.184. The Bertz CT molecular complexity index is 1860. The first kappa shape index (κ1) is 29.6. The molecule has 0 unspecified atom stereocenters. The minimum Gasteiger partial charge on any atom is -0.478 e. The molecule has 43 heavy (non-hydrogen) atoms. The molecule has 0 radical (unpaired) electrons. The van der Waals surface area contributed by atoms with Crippen molar-refractivity contribution in [2.75, 3.05) is 0 Å². The molecule has 0 aliphatic heterocycles. The lowest BCUT2D eigenvalue weighted by Gasteiger charge is -2.12. The third-order valence-corrected chi connectivity index (χ3v) is 10.1. The fourth-order valence-electron chi connectivity index (χ4n) is 4.17. The van der Waals surface area contributed by atoms with E-state index in [1.165, 1.54) is 66.7 Å². The fraction of sp³-hybridized carbons (Fsp3) is 0.0606. The first-order valence-electron chi connectivity index (χ1n) is 13.0. The Kier molecular flexibility index (Phi) is 8.08. The molecule has 0 aliphatic rings. The standard InChI is InChI=1S/C33H26O8S2/c1-22-3-11-29(12-4-22)42(36,37)31-15-7-25(8-16-31)40-27-19-24(33(34)35)20-28(21-27)41-26-9-17-32(18-10-26)43(38,39)30-13-5-23(2)6-14-30/h3-21H,1-2H3,(H,34,35). The van der Waals surface area contributed by atoms with Crippen molar-refractivity contribution in [3.8, 4) is 23.0 Å². The summed E-state index contributed by atoms with van der Waals surface area (Å²) in [5.74, 6) is -0.372. The van der Waals surface area contributed by atoms with Gasteiger partial charge in [-0.15, -0.1) is 0 Å². The minimum absolute atomic E-state index is 0.0832. The summed E-state index contributed by atoms with van der Waals surface area (Å²) >= 11 is 0. The number of aryl methyl sites for hydroxylation is 2. The summed E-state index contributed by atoms with van der Waals surface area (Å²) in [4.78, 5) is 12.3. The molecule has 218 valence electrons. The van der Waals surface area contributed by atoms with Crippen LogP contribution in [0.5, 0.6) is 23.0 Å². The maximum atomic E-state index is 13.0. The number of carbonyl (C=O) groups is 1. The zero-order valence-electron chi connectivity index (χ0n) is 23.1. The third-order valence-electron chi connectivity index (χ3n) is 6.53. The maximum absolute atomic E-state index is 13.0. The highest BCUT2D eigenvalue weighted by molar-refractivity contribution is 7.91. The highest BCUT2D eigenvalue weighted by Crippen LogP contribution is 2.32. The van der Waals surface area contributed by atoms with Gasteiger partial charge in [-0.05, 0) is 98.8 Å². The van der Waals surface area contributed by atoms with Crippen molar-refractivity contribution in [2.24, 2.45) is 0 Å². The Hall–Kier alpha value is -4.93. The van der Waals surface area contributed by atoms with E-state index in [0.717, 1.165) is 11.1 Å². The molecule has 0 heterocycles. The van der Waals surface area contributed by atoms with Crippen LogP contribution >= 0.6 is 0 Å². The van der Waals surface area contributed by atoms with Crippen molar-refractivity contribution in [1.29, 1.82) is 0 Å². The van der Waals surface area contributed by atoms with E-state index in [1.807, 2.05) is 13.8 Å². The van der Waals surface area contributed by atoms with Gasteiger partial charge in [-0.25, -0.2) is 21.6 Å². The Morgan fingerprint density at radius 3 is 1.09 bits per heavy atom. The molecule has 8 nitrogen and oxygen atoms in total. The van der Waals surface area contributed by atoms with Crippen LogP contribution < -0.4 is 9.47 Å². The van der Waals surface area contributed by atoms with E-state index in [1.54, 1.807) is 48.5 Å². The highest BCUT2D eigenvalue weighted by atomic mass is 32.2. The number of aromatic carboxylic acids is 1. The molecule has 5 aromatic carbocycles. The van der Waals surface area contributed by atoms with Gasteiger partial charge >= 0.3 is 5.97 Å². The molecular weight excluding hydrogens is 588 g/mol. The fourth-order valence-corrected chi connectivity index (χ4v) is 6.69. The van der Waals surface area contributed by atoms with Gasteiger partial charge in [0, 0.05) is 6.07 Å². The molecule has 0 bridgehead atoms. The molecule has 5 rings (SSSR count). The lowest BCUT2D eigenvalue weighted by Crippen LogP contribution is -2.02. The maximum Gasteiger partial charge on any atom is 0.335 e. The molecular formula is C33H26O8S2. The van der Waals surface area contributed by atoms with Gasteiger partial charge in [0.15, 0.2) is 0 Å². The Morgan fingerprint density at radius 2 is 0.791 bits per heavy atom. The lowest BCUT2D eigenvalue weighted by molar-refractivity contribution is 0.0696. The van der Waals surface area contributed by atoms with Crippen LogP contribution in [0, 0.1) is 13.8 Å². The van der Waals surface area contributed by atoms with Crippen LogP contribution in [0.4, 0.5) is 0 Å². The van der Waals surface area contributed by atoms with Crippen LogP contribution in [0.25, 0.3) is 0 Å². The van der Waals surface area contributed by atoms with Crippen LogP contribution in [0.1, 0.15) is 21.5 Å². The second kappa shape index (κ2) is 11.7. The van der Waals surface area contributed by atoms with E-state index >= 15 is 0 Å². The smallest absolute Gasteiger partial charge is 0.335 e. The highest BCUT2D eigenvalue weighted by Gasteiger charge is 2.19. The molecule has 0 amide bonds. The van der Waals surface area contributed by atoms with Crippen molar-refractivity contribution in [2.45, 2.75) is 33.4 Å². The number of sulfone groups is 2. The predicted octanol–water partition coefficient (Wildman–Crippen LogP) is 7.25. The van der Waals surface area contributed by atoms with Crippen molar-refractivity contribution >= 4 is 25.6 Å². The molecule has 0 aliphatic carbocycles. The van der Waals surface area contributed by atoms with Gasteiger partial charge in [-0.3, -0.25) is 0 Å². The molecule has 0 aromatic heterocycles. The van der Waals surface area contributed by atoms with Crippen LogP contribution in [0.3, 0.4) is 0 Å². The summed E-state index contributed by atoms with van der Waals surface area (Å²) in [7, 11) is -7.45. The van der Waals surface area contributed by atoms with E-state index in [0.29, 0.717) is 0 Å². The van der Waals surface area contributed by atoms with E-state index < -0.39 is 25.6 Å². The Labute approximate surface area is 249 Å². The number of ether oxygens (including phenoxy) is 2. The molecule has 0 saturated carbocycles. The van der Waals surface area contributed by atoms with Gasteiger partial charge in [0.2, 0.25) is 19.7 Å². The second-order valence-corrected chi connectivity index (χ2v) is 13.7. The SMILES string of the molecule is Cc1ccc(S(=O)(=O)c2ccc(Oc3cc(Oc4ccc(S(=O)(=O)c5ccc(C)cc5)cc4)cc(C(=O)O)c3)cc2)cc1. The molecule has 0 spiro atoms. The monoisotopic (exact) mass is 614 g/mol. The van der Waals surface area contributed by atoms with Gasteiger partial charge < -0.3 is 14.6 Å². The molecule has 10 heteroatoms. The van der Waals surface area contributed by atoms with Crippen LogP contribution in [0.2, 0.25) is 0 Å². The number of carboxylic acids is 1. The molecule has 0 saturated heterocycles. The van der Waals surface area contributed by atoms with Gasteiger partial charge in [0.1, 0.15) is 23.0 Å². The van der Waals surface area contributed by atoms with Crippen molar-refractivity contribution in [3.05, 3.63) is 132 Å². The Balaban J connectivity index is 1.35. The van der Waals surface area contributed by atoms with Crippen molar-refractivity contribution < 1.29 is 36.2 Å². The first-order valence-corrected chi connectivity index (χ1v) is 16.0. The normalized spacial score (nSPS) is 11.6. The summed E-state index contributed by atoms with van der Waals surface area (Å²) in [6.07, 6.45) is 0. The zero-order chi connectivity index (χ0) is 30.8. The molecule has 0 atom stereocenters. The van der Waals surface area contributed by atoms with E-state index in [-0.39, 0.29) is 48.1 Å². The average Bonchev–Trinajstić information content (AvgIpc) is 2.98. The third kappa shape index (κ3) is 6.61. The van der Waals surface area contributed by atoms with Crippen molar-refractivity contribution in [3.63, 3.8) is 0 Å². The summed E-state index contributed by atoms with van der Waals surface area (Å²) in [5, 5.41) is 9.62. The summed E-state index contributed by atoms with van der Waals surface area (Å²) < 4.78 is 63.5. The topological polar surface area (TPSA) is 124 Å². The molecule has 5 aromatic rings. The summed E-state index contributed by atoms with van der Waals surface area (Å²) in [5.41, 5.74) is 1.78. The van der Waals surface area contributed by atoms with Gasteiger partial charge in [-0.1, -0.05) is 35.4 Å². The zero-order valence-corrected chi connectivity index (χ0v) is 24.7. The molecule has 1 N–H and O–H groups in total. The van der Waals surface area contributed by atoms with E-state index in [9.17, 15) is 26.7 Å². The summed E-state index contributed by atoms with van der Waals surface area (Å²) in [6.45, 7) is 3.74. The second-order valence-electron chi connectivity index (χ2n) is 9.78. The van der Waals surface area contributed by atoms with Gasteiger partial charge in [0.05, 0.1) is 25.1 Å². The largest absolute Gasteiger partial charge is 0.478 e. The number of carboxylic acid groups (broad SMARTS) is 1. The predicted molar refractivity (Wildman–Crippen MR) is 160 cm³/mol. The Morgan fingerprint density at radius 1 is 0.488 bits per heavy atom. The first-order chi connectivity index (χ1) is 20.4. The van der Waals surface area contributed by atoms with Gasteiger partial charge in [-0.2, -0.15) is 0 Å².